The number of hydrogen-bond donors (Lipinski definition) is 1. The Morgan fingerprint density at radius 1 is 0.950 bits per heavy atom. The Morgan fingerprint density at radius 2 is 1.65 bits per heavy atom. The zero-order chi connectivity index (χ0) is 13.5. The molecule has 0 saturated heterocycles. The Balaban J connectivity index is 0.00000147. The smallest absolute Gasteiger partial charge is 0.744 e. The molecular weight excluding hydrogens is 285 g/mol. The number of fused-ring (bicyclic) bond motifs is 1. The van der Waals surface area contributed by atoms with E-state index in [1.54, 1.807) is 6.07 Å². The largest absolute Gasteiger partial charge is 1.00 e. The second-order valence-corrected chi connectivity index (χ2v) is 5.63. The number of aromatic amines is 1. The van der Waals surface area contributed by atoms with Crippen molar-refractivity contribution in [3.8, 4) is 11.3 Å². The Kier molecular flexibility index (Phi) is 4.36. The van der Waals surface area contributed by atoms with E-state index in [1.807, 2.05) is 36.4 Å². The van der Waals surface area contributed by atoms with Crippen LogP contribution in [-0.2, 0) is 10.1 Å². The van der Waals surface area contributed by atoms with Crippen molar-refractivity contribution in [1.82, 2.24) is 4.98 Å². The van der Waals surface area contributed by atoms with E-state index in [1.165, 1.54) is 12.1 Å². The molecule has 96 valence electrons. The van der Waals surface area contributed by atoms with Crippen LogP contribution in [0, 0.1) is 0 Å². The second-order valence-electron chi connectivity index (χ2n) is 4.25. The number of hydrogen-bond acceptors (Lipinski definition) is 3. The van der Waals surface area contributed by atoms with Gasteiger partial charge in [-0.05, 0) is 29.8 Å². The summed E-state index contributed by atoms with van der Waals surface area (Å²) in [5.74, 6) is 0. The molecule has 3 rings (SSSR count). The maximum atomic E-state index is 11.0. The SMILES string of the molecule is O=S(=O)([O-])c1ccc2[nH]c(-c3ccccc3)cc2c1.[Na+]. The summed E-state index contributed by atoms with van der Waals surface area (Å²) in [6.07, 6.45) is 0. The molecule has 0 unspecified atom stereocenters. The van der Waals surface area contributed by atoms with Gasteiger partial charge in [0.2, 0.25) is 0 Å². The van der Waals surface area contributed by atoms with Crippen molar-refractivity contribution in [3.63, 3.8) is 0 Å². The molecule has 0 saturated carbocycles. The molecule has 4 nitrogen and oxygen atoms in total. The van der Waals surface area contributed by atoms with E-state index in [2.05, 4.69) is 4.98 Å². The molecule has 0 atom stereocenters. The van der Waals surface area contributed by atoms with E-state index >= 15 is 0 Å². The number of H-pyrrole nitrogens is 1. The van der Waals surface area contributed by atoms with E-state index in [0.717, 1.165) is 16.8 Å². The van der Waals surface area contributed by atoms with Gasteiger partial charge in [-0.2, -0.15) is 0 Å². The molecule has 6 heteroatoms. The quantitative estimate of drug-likeness (QED) is 0.523. The van der Waals surface area contributed by atoms with Gasteiger partial charge in [-0.3, -0.25) is 0 Å². The molecule has 1 heterocycles. The molecule has 0 aliphatic carbocycles. The summed E-state index contributed by atoms with van der Waals surface area (Å²) in [5, 5.41) is 0.704. The van der Waals surface area contributed by atoms with Crippen molar-refractivity contribution in [3.05, 3.63) is 54.6 Å². The first-order chi connectivity index (χ1) is 9.04. The average Bonchev–Trinajstić information content (AvgIpc) is 2.81. The van der Waals surface area contributed by atoms with Gasteiger partial charge in [0.1, 0.15) is 10.1 Å². The first-order valence-electron chi connectivity index (χ1n) is 5.68. The maximum absolute atomic E-state index is 11.0. The van der Waals surface area contributed by atoms with E-state index in [-0.39, 0.29) is 34.5 Å². The van der Waals surface area contributed by atoms with Crippen LogP contribution < -0.4 is 29.6 Å². The van der Waals surface area contributed by atoms with Crippen LogP contribution in [0.3, 0.4) is 0 Å². The van der Waals surface area contributed by atoms with Gasteiger partial charge in [-0.15, -0.1) is 0 Å². The minimum absolute atomic E-state index is 0. The summed E-state index contributed by atoms with van der Waals surface area (Å²) in [4.78, 5) is 2.98. The predicted molar refractivity (Wildman–Crippen MR) is 71.7 cm³/mol. The number of rotatable bonds is 2. The molecule has 3 aromatic rings. The molecule has 1 N–H and O–H groups in total. The fraction of sp³-hybridized carbons (Fsp3) is 0. The van der Waals surface area contributed by atoms with Gasteiger partial charge in [-0.1, -0.05) is 30.3 Å². The summed E-state index contributed by atoms with van der Waals surface area (Å²) in [6, 6.07) is 15.8. The Hall–Kier alpha value is -1.11. The Bertz CT molecular complexity index is 841. The zero-order valence-corrected chi connectivity index (χ0v) is 13.6. The second kappa shape index (κ2) is 5.71. The fourth-order valence-electron chi connectivity index (χ4n) is 2.04. The van der Waals surface area contributed by atoms with Gasteiger partial charge in [0.15, 0.2) is 0 Å². The Labute approximate surface area is 138 Å². The summed E-state index contributed by atoms with van der Waals surface area (Å²) in [7, 11) is -4.41. The van der Waals surface area contributed by atoms with Crippen LogP contribution in [0.5, 0.6) is 0 Å². The topological polar surface area (TPSA) is 73.0 Å². The van der Waals surface area contributed by atoms with Gasteiger partial charge in [0, 0.05) is 16.6 Å². The summed E-state index contributed by atoms with van der Waals surface area (Å²) < 4.78 is 33.0. The Morgan fingerprint density at radius 3 is 2.30 bits per heavy atom. The molecule has 0 bridgehead atoms. The third-order valence-electron chi connectivity index (χ3n) is 2.97. The van der Waals surface area contributed by atoms with Crippen molar-refractivity contribution < 1.29 is 42.5 Å². The van der Waals surface area contributed by atoms with Gasteiger partial charge in [0.05, 0.1) is 4.90 Å². The van der Waals surface area contributed by atoms with Crippen LogP contribution in [0.2, 0.25) is 0 Å². The van der Waals surface area contributed by atoms with Gasteiger partial charge in [0.25, 0.3) is 0 Å². The van der Waals surface area contributed by atoms with E-state index in [9.17, 15) is 13.0 Å². The summed E-state index contributed by atoms with van der Waals surface area (Å²) >= 11 is 0. The summed E-state index contributed by atoms with van der Waals surface area (Å²) in [5.41, 5.74) is 2.69. The first kappa shape index (κ1) is 15.3. The first-order valence-corrected chi connectivity index (χ1v) is 7.09. The minimum atomic E-state index is -4.41. The molecule has 20 heavy (non-hydrogen) atoms. The minimum Gasteiger partial charge on any atom is -0.744 e. The molecule has 2 aromatic carbocycles. The van der Waals surface area contributed by atoms with Gasteiger partial charge in [-0.25, -0.2) is 8.42 Å². The van der Waals surface area contributed by atoms with Crippen LogP contribution in [0.25, 0.3) is 22.2 Å². The average molecular weight is 295 g/mol. The van der Waals surface area contributed by atoms with Crippen LogP contribution in [0.15, 0.2) is 59.5 Å². The van der Waals surface area contributed by atoms with E-state index in [0.29, 0.717) is 5.39 Å². The molecule has 0 spiro atoms. The van der Waals surface area contributed by atoms with E-state index in [4.69, 9.17) is 0 Å². The monoisotopic (exact) mass is 295 g/mol. The van der Waals surface area contributed by atoms with Crippen LogP contribution in [0.4, 0.5) is 0 Å². The molecule has 0 aliphatic heterocycles. The van der Waals surface area contributed by atoms with Crippen LogP contribution >= 0.6 is 0 Å². The van der Waals surface area contributed by atoms with E-state index < -0.39 is 10.1 Å². The molecule has 0 radical (unpaired) electrons. The van der Waals surface area contributed by atoms with Crippen molar-refractivity contribution in [2.24, 2.45) is 0 Å². The van der Waals surface area contributed by atoms with Crippen molar-refractivity contribution >= 4 is 21.0 Å². The van der Waals surface area contributed by atoms with Gasteiger partial charge >= 0.3 is 29.6 Å². The zero-order valence-electron chi connectivity index (χ0n) is 10.8. The van der Waals surface area contributed by atoms with Crippen molar-refractivity contribution in [2.45, 2.75) is 4.90 Å². The molecule has 0 fully saturated rings. The number of benzene rings is 2. The van der Waals surface area contributed by atoms with Crippen LogP contribution in [0.1, 0.15) is 0 Å². The molecular formula is C14H10NNaO3S. The fourth-order valence-corrected chi connectivity index (χ4v) is 2.55. The van der Waals surface area contributed by atoms with Crippen LogP contribution in [-0.4, -0.2) is 18.0 Å². The molecule has 1 aromatic heterocycles. The molecule has 0 aliphatic rings. The normalized spacial score (nSPS) is 11.2. The summed E-state index contributed by atoms with van der Waals surface area (Å²) in [6.45, 7) is 0. The number of nitrogens with one attached hydrogen (secondary N) is 1. The maximum Gasteiger partial charge on any atom is 1.00 e. The van der Waals surface area contributed by atoms with Crippen molar-refractivity contribution in [2.75, 3.05) is 0 Å². The predicted octanol–water partition coefficient (Wildman–Crippen LogP) is -0.257. The third-order valence-corrected chi connectivity index (χ3v) is 3.80. The molecule has 0 amide bonds. The van der Waals surface area contributed by atoms with Gasteiger partial charge < -0.3 is 9.54 Å². The standard InChI is InChI=1S/C14H11NO3S.Na/c16-19(17,18)12-6-7-13-11(8-12)9-14(15-13)10-4-2-1-3-5-10;/h1-9,15H,(H,16,17,18);/q;+1/p-1. The van der Waals surface area contributed by atoms with Crippen molar-refractivity contribution in [1.29, 1.82) is 0 Å². The number of aromatic nitrogens is 1. The third kappa shape index (κ3) is 2.97.